The number of rotatable bonds is 12. The molecule has 2 unspecified atom stereocenters. The van der Waals surface area contributed by atoms with Crippen molar-refractivity contribution in [2.75, 3.05) is 0 Å². The summed E-state index contributed by atoms with van der Waals surface area (Å²) in [5.74, 6) is -0.690. The molecule has 0 saturated carbocycles. The smallest absolute Gasteiger partial charge is 0.0442 e. The van der Waals surface area contributed by atoms with Crippen LogP contribution in [0.4, 0.5) is 0 Å². The highest BCUT2D eigenvalue weighted by atomic mass is 16.4. The molecule has 0 heterocycles. The summed E-state index contributed by atoms with van der Waals surface area (Å²) >= 11 is 0. The van der Waals surface area contributed by atoms with Gasteiger partial charge in [-0.2, -0.15) is 0 Å². The number of carbonyl (C=O) groups is 1. The molecule has 18 heavy (non-hydrogen) atoms. The van der Waals surface area contributed by atoms with Gasteiger partial charge in [0.2, 0.25) is 0 Å². The van der Waals surface area contributed by atoms with Crippen LogP contribution in [0.3, 0.4) is 0 Å². The van der Waals surface area contributed by atoms with Crippen molar-refractivity contribution >= 4 is 5.97 Å². The first-order valence-corrected chi connectivity index (χ1v) is 7.78. The monoisotopic (exact) mass is 255 g/mol. The molecule has 0 radical (unpaired) electrons. The summed E-state index contributed by atoms with van der Waals surface area (Å²) in [4.78, 5) is 10.6. The molecule has 0 aliphatic rings. The fraction of sp³-hybridized carbons (Fsp3) is 0.938. The lowest BCUT2D eigenvalue weighted by Crippen LogP contribution is -2.30. The van der Waals surface area contributed by atoms with Crippen molar-refractivity contribution in [3.8, 4) is 0 Å². The van der Waals surface area contributed by atoms with Gasteiger partial charge in [0.25, 0.3) is 0 Å². The lowest BCUT2D eigenvalue weighted by molar-refractivity contribution is -0.311. The lowest BCUT2D eigenvalue weighted by Gasteiger charge is -2.17. The Morgan fingerprint density at radius 3 is 1.94 bits per heavy atom. The molecular formula is C16H31O2-. The molecular weight excluding hydrogens is 224 g/mol. The van der Waals surface area contributed by atoms with Gasteiger partial charge in [0.1, 0.15) is 0 Å². The molecule has 0 aromatic carbocycles. The summed E-state index contributed by atoms with van der Waals surface area (Å²) in [5.41, 5.74) is 0. The second kappa shape index (κ2) is 11.6. The van der Waals surface area contributed by atoms with E-state index < -0.39 is 5.97 Å². The van der Waals surface area contributed by atoms with Crippen molar-refractivity contribution in [2.24, 2.45) is 11.8 Å². The quantitative estimate of drug-likeness (QED) is 0.496. The van der Waals surface area contributed by atoms with E-state index >= 15 is 0 Å². The summed E-state index contributed by atoms with van der Waals surface area (Å²) in [6, 6.07) is 0. The topological polar surface area (TPSA) is 40.1 Å². The lowest BCUT2D eigenvalue weighted by atomic mass is 9.92. The fourth-order valence-corrected chi connectivity index (χ4v) is 2.44. The van der Waals surface area contributed by atoms with E-state index in [1.165, 1.54) is 51.4 Å². The average Bonchev–Trinajstić information content (AvgIpc) is 2.32. The van der Waals surface area contributed by atoms with Gasteiger partial charge in [-0.1, -0.05) is 78.6 Å². The second-order valence-electron chi connectivity index (χ2n) is 5.82. The Morgan fingerprint density at radius 1 is 0.944 bits per heavy atom. The minimum atomic E-state index is -0.905. The molecule has 0 amide bonds. The van der Waals surface area contributed by atoms with Crippen molar-refractivity contribution < 1.29 is 9.90 Å². The van der Waals surface area contributed by atoms with Crippen LogP contribution in [0.5, 0.6) is 0 Å². The van der Waals surface area contributed by atoms with Gasteiger partial charge < -0.3 is 9.90 Å². The normalized spacial score (nSPS) is 14.4. The van der Waals surface area contributed by atoms with E-state index in [9.17, 15) is 9.90 Å². The largest absolute Gasteiger partial charge is 0.550 e. The Labute approximate surface area is 113 Å². The van der Waals surface area contributed by atoms with E-state index in [2.05, 4.69) is 13.8 Å². The first-order chi connectivity index (χ1) is 8.57. The summed E-state index contributed by atoms with van der Waals surface area (Å²) in [5, 5.41) is 10.6. The highest BCUT2D eigenvalue weighted by molar-refractivity contribution is 5.66. The van der Waals surface area contributed by atoms with Crippen LogP contribution in [0.1, 0.15) is 85.0 Å². The Hall–Kier alpha value is -0.530. The molecule has 0 saturated heterocycles. The van der Waals surface area contributed by atoms with Gasteiger partial charge in [0, 0.05) is 5.97 Å². The van der Waals surface area contributed by atoms with Crippen LogP contribution in [0.2, 0.25) is 0 Å². The van der Waals surface area contributed by atoms with Crippen LogP contribution < -0.4 is 5.11 Å². The predicted molar refractivity (Wildman–Crippen MR) is 75.2 cm³/mol. The van der Waals surface area contributed by atoms with Crippen molar-refractivity contribution in [2.45, 2.75) is 85.0 Å². The Bertz CT molecular complexity index is 201. The van der Waals surface area contributed by atoms with Crippen LogP contribution >= 0.6 is 0 Å². The van der Waals surface area contributed by atoms with Crippen molar-refractivity contribution in [1.82, 2.24) is 0 Å². The summed E-state index contributed by atoms with van der Waals surface area (Å²) in [7, 11) is 0. The minimum absolute atomic E-state index is 0.297. The fourth-order valence-electron chi connectivity index (χ4n) is 2.44. The Morgan fingerprint density at radius 2 is 1.44 bits per heavy atom. The summed E-state index contributed by atoms with van der Waals surface area (Å²) in [6.45, 7) is 6.15. The van der Waals surface area contributed by atoms with Gasteiger partial charge in [-0.3, -0.25) is 0 Å². The Balaban J connectivity index is 3.30. The molecule has 0 fully saturated rings. The van der Waals surface area contributed by atoms with Gasteiger partial charge in [0.15, 0.2) is 0 Å². The molecule has 0 aromatic rings. The van der Waals surface area contributed by atoms with Crippen molar-refractivity contribution in [3.05, 3.63) is 0 Å². The highest BCUT2D eigenvalue weighted by Crippen LogP contribution is 2.18. The standard InChI is InChI=1S/C16H32O2/c1-4-5-6-7-8-9-10-11-12-14(2)13-15(3)16(17)18/h14-15H,4-13H2,1-3H3,(H,17,18)/p-1. The third-order valence-corrected chi connectivity index (χ3v) is 3.71. The number of carboxylic acids is 1. The zero-order valence-electron chi connectivity index (χ0n) is 12.5. The first-order valence-electron chi connectivity index (χ1n) is 7.78. The maximum Gasteiger partial charge on any atom is 0.0442 e. The van der Waals surface area contributed by atoms with Gasteiger partial charge in [-0.15, -0.1) is 0 Å². The third-order valence-electron chi connectivity index (χ3n) is 3.71. The van der Waals surface area contributed by atoms with Gasteiger partial charge in [-0.05, 0) is 18.3 Å². The van der Waals surface area contributed by atoms with Crippen LogP contribution in [0, 0.1) is 11.8 Å². The molecule has 0 aliphatic carbocycles. The number of hydrogen-bond donors (Lipinski definition) is 0. The van der Waals surface area contributed by atoms with Gasteiger partial charge in [-0.25, -0.2) is 0 Å². The molecule has 0 rings (SSSR count). The zero-order chi connectivity index (χ0) is 13.8. The van der Waals surface area contributed by atoms with Gasteiger partial charge in [0.05, 0.1) is 0 Å². The van der Waals surface area contributed by atoms with E-state index in [1.54, 1.807) is 6.92 Å². The van der Waals surface area contributed by atoms with Gasteiger partial charge >= 0.3 is 0 Å². The van der Waals surface area contributed by atoms with E-state index in [1.807, 2.05) is 0 Å². The SMILES string of the molecule is CCCCCCCCCCC(C)CC(C)C(=O)[O-]. The number of unbranched alkanes of at least 4 members (excludes halogenated alkanes) is 7. The molecule has 0 bridgehead atoms. The number of carbonyl (C=O) groups excluding carboxylic acids is 1. The van der Waals surface area contributed by atoms with E-state index in [-0.39, 0.29) is 5.92 Å². The molecule has 0 spiro atoms. The zero-order valence-corrected chi connectivity index (χ0v) is 12.5. The molecule has 0 aromatic heterocycles. The minimum Gasteiger partial charge on any atom is -0.550 e. The third kappa shape index (κ3) is 10.6. The Kier molecular flexibility index (Phi) is 11.2. The van der Waals surface area contributed by atoms with Crippen molar-refractivity contribution in [1.29, 1.82) is 0 Å². The number of aliphatic carboxylic acids is 1. The number of carboxylic acid groups (broad SMARTS) is 1. The molecule has 108 valence electrons. The average molecular weight is 255 g/mol. The first kappa shape index (κ1) is 17.5. The molecule has 0 aliphatic heterocycles. The van der Waals surface area contributed by atoms with E-state index in [4.69, 9.17) is 0 Å². The van der Waals surface area contributed by atoms with E-state index in [0.29, 0.717) is 5.92 Å². The molecule has 2 atom stereocenters. The summed E-state index contributed by atoms with van der Waals surface area (Å²) < 4.78 is 0. The maximum atomic E-state index is 10.6. The van der Waals surface area contributed by atoms with Crippen LogP contribution in [-0.2, 0) is 4.79 Å². The van der Waals surface area contributed by atoms with Crippen LogP contribution in [-0.4, -0.2) is 5.97 Å². The summed E-state index contributed by atoms with van der Waals surface area (Å²) in [6.07, 6.45) is 12.6. The maximum absolute atomic E-state index is 10.6. The van der Waals surface area contributed by atoms with Crippen LogP contribution in [0.25, 0.3) is 0 Å². The molecule has 2 nitrogen and oxygen atoms in total. The molecule has 0 N–H and O–H groups in total. The van der Waals surface area contributed by atoms with E-state index in [0.717, 1.165) is 12.8 Å². The molecule has 2 heteroatoms. The number of hydrogen-bond acceptors (Lipinski definition) is 2. The van der Waals surface area contributed by atoms with Crippen molar-refractivity contribution in [3.63, 3.8) is 0 Å². The second-order valence-corrected chi connectivity index (χ2v) is 5.82. The predicted octanol–water partition coefficient (Wildman–Crippen LogP) is 3.93. The van der Waals surface area contributed by atoms with Crippen LogP contribution in [0.15, 0.2) is 0 Å². The highest BCUT2D eigenvalue weighted by Gasteiger charge is 2.09.